The maximum Gasteiger partial charge on any atom is 0.239 e. The van der Waals surface area contributed by atoms with Gasteiger partial charge in [-0.2, -0.15) is 0 Å². The lowest BCUT2D eigenvalue weighted by Gasteiger charge is -2.29. The quantitative estimate of drug-likeness (QED) is 0.862. The van der Waals surface area contributed by atoms with Crippen molar-refractivity contribution in [3.05, 3.63) is 11.6 Å². The fourth-order valence-electron chi connectivity index (χ4n) is 2.33. The van der Waals surface area contributed by atoms with Crippen molar-refractivity contribution in [3.63, 3.8) is 0 Å². The number of nitrogens with zero attached hydrogens (tertiary/aromatic N) is 4. The van der Waals surface area contributed by atoms with E-state index >= 15 is 0 Å². The summed E-state index contributed by atoms with van der Waals surface area (Å²) in [7, 11) is 0. The highest BCUT2D eigenvalue weighted by Crippen LogP contribution is 2.15. The number of carbonyl (C=O) groups excluding carboxylic acids is 1. The van der Waals surface area contributed by atoms with Gasteiger partial charge in [-0.15, -0.1) is 10.2 Å². The molecule has 0 bridgehead atoms. The van der Waals surface area contributed by atoms with Crippen LogP contribution in [0.25, 0.3) is 0 Å². The van der Waals surface area contributed by atoms with Gasteiger partial charge in [0.05, 0.1) is 12.6 Å². The molecule has 1 atom stereocenters. The third-order valence-electron chi connectivity index (χ3n) is 3.49. The summed E-state index contributed by atoms with van der Waals surface area (Å²) in [6, 6.07) is -0.399. The number of amides is 1. The zero-order chi connectivity index (χ0) is 14.0. The Hall–Kier alpha value is -1.43. The topological polar surface area (TPSA) is 77.0 Å². The first kappa shape index (κ1) is 14.0. The molecule has 1 aromatic heterocycles. The largest absolute Gasteiger partial charge is 0.332 e. The van der Waals surface area contributed by atoms with Crippen LogP contribution >= 0.6 is 0 Å². The van der Waals surface area contributed by atoms with Crippen LogP contribution in [0.1, 0.15) is 38.8 Å². The van der Waals surface area contributed by atoms with Gasteiger partial charge in [0, 0.05) is 19.5 Å². The molecule has 1 amide bonds. The maximum absolute atomic E-state index is 12.1. The van der Waals surface area contributed by atoms with Crippen LogP contribution in [0, 0.1) is 5.92 Å². The third kappa shape index (κ3) is 2.94. The van der Waals surface area contributed by atoms with Crippen molar-refractivity contribution in [1.29, 1.82) is 0 Å². The van der Waals surface area contributed by atoms with Crippen molar-refractivity contribution in [2.24, 2.45) is 11.7 Å². The molecule has 0 saturated heterocycles. The van der Waals surface area contributed by atoms with Gasteiger partial charge < -0.3 is 15.2 Å². The van der Waals surface area contributed by atoms with Crippen molar-refractivity contribution in [2.45, 2.75) is 52.7 Å². The average Bonchev–Trinajstić information content (AvgIpc) is 2.78. The molecule has 0 radical (unpaired) electrons. The Balaban J connectivity index is 2.09. The van der Waals surface area contributed by atoms with Crippen molar-refractivity contribution < 1.29 is 4.79 Å². The lowest BCUT2D eigenvalue weighted by atomic mass is 10.1. The molecule has 6 nitrogen and oxygen atoms in total. The summed E-state index contributed by atoms with van der Waals surface area (Å²) in [5.74, 6) is 2.47. The molecule has 2 heterocycles. The van der Waals surface area contributed by atoms with Gasteiger partial charge in [0.1, 0.15) is 5.82 Å². The Labute approximate surface area is 114 Å². The van der Waals surface area contributed by atoms with Crippen LogP contribution < -0.4 is 5.73 Å². The Morgan fingerprint density at radius 3 is 2.74 bits per heavy atom. The van der Waals surface area contributed by atoms with E-state index in [1.807, 2.05) is 6.92 Å². The van der Waals surface area contributed by atoms with E-state index in [4.69, 9.17) is 5.73 Å². The highest BCUT2D eigenvalue weighted by molar-refractivity contribution is 5.81. The molecular formula is C13H23N5O. The molecule has 2 N–H and O–H groups in total. The first-order valence-electron chi connectivity index (χ1n) is 6.98. The minimum atomic E-state index is -0.399. The van der Waals surface area contributed by atoms with E-state index in [1.54, 1.807) is 4.90 Å². The van der Waals surface area contributed by atoms with Crippen LogP contribution in [0.4, 0.5) is 0 Å². The highest BCUT2D eigenvalue weighted by Gasteiger charge is 2.26. The summed E-state index contributed by atoms with van der Waals surface area (Å²) < 4.78 is 2.14. The molecule has 6 heteroatoms. The Bertz CT molecular complexity index is 454. The van der Waals surface area contributed by atoms with Crippen molar-refractivity contribution in [2.75, 3.05) is 6.54 Å². The van der Waals surface area contributed by atoms with Crippen LogP contribution in [0.3, 0.4) is 0 Å². The molecule has 0 spiro atoms. The van der Waals surface area contributed by atoms with E-state index in [9.17, 15) is 4.79 Å². The lowest BCUT2D eigenvalue weighted by molar-refractivity contribution is -0.134. The van der Waals surface area contributed by atoms with E-state index in [2.05, 4.69) is 28.6 Å². The molecule has 0 saturated carbocycles. The number of rotatable bonds is 4. The predicted octanol–water partition coefficient (Wildman–Crippen LogP) is 0.556. The second-order valence-corrected chi connectivity index (χ2v) is 5.56. The van der Waals surface area contributed by atoms with Gasteiger partial charge in [-0.25, -0.2) is 0 Å². The van der Waals surface area contributed by atoms with Crippen LogP contribution in [-0.2, 0) is 24.3 Å². The standard InChI is InChI=1S/C13H23N5O/c1-4-10(14)13(19)17-5-6-18-11(7-9(2)3)15-16-12(18)8-17/h9-10H,4-8,14H2,1-3H3/t10-/m0/s1. The molecule has 0 fully saturated rings. The number of fused-ring (bicyclic) bond motifs is 1. The minimum absolute atomic E-state index is 0.0159. The molecular weight excluding hydrogens is 242 g/mol. The normalized spacial score (nSPS) is 16.6. The summed E-state index contributed by atoms with van der Waals surface area (Å²) >= 11 is 0. The molecule has 2 rings (SSSR count). The van der Waals surface area contributed by atoms with Gasteiger partial charge in [-0.3, -0.25) is 4.79 Å². The second-order valence-electron chi connectivity index (χ2n) is 5.56. The Kier molecular flexibility index (Phi) is 4.19. The number of hydrogen-bond donors (Lipinski definition) is 1. The van der Waals surface area contributed by atoms with Crippen molar-refractivity contribution in [1.82, 2.24) is 19.7 Å². The van der Waals surface area contributed by atoms with Crippen LogP contribution in [-0.4, -0.2) is 38.2 Å². The Morgan fingerprint density at radius 1 is 1.37 bits per heavy atom. The van der Waals surface area contributed by atoms with Crippen LogP contribution in [0.2, 0.25) is 0 Å². The monoisotopic (exact) mass is 265 g/mol. The molecule has 0 aliphatic carbocycles. The summed E-state index contributed by atoms with van der Waals surface area (Å²) in [4.78, 5) is 13.9. The molecule has 0 unspecified atom stereocenters. The molecule has 19 heavy (non-hydrogen) atoms. The zero-order valence-corrected chi connectivity index (χ0v) is 12.0. The molecule has 1 aliphatic heterocycles. The number of carbonyl (C=O) groups is 1. The zero-order valence-electron chi connectivity index (χ0n) is 12.0. The summed E-state index contributed by atoms with van der Waals surface area (Å²) in [5, 5.41) is 8.45. The van der Waals surface area contributed by atoms with E-state index in [0.29, 0.717) is 25.4 Å². The molecule has 1 aliphatic rings. The van der Waals surface area contributed by atoms with Gasteiger partial charge in [0.15, 0.2) is 5.82 Å². The number of hydrogen-bond acceptors (Lipinski definition) is 4. The minimum Gasteiger partial charge on any atom is -0.332 e. The third-order valence-corrected chi connectivity index (χ3v) is 3.49. The highest BCUT2D eigenvalue weighted by atomic mass is 16.2. The Morgan fingerprint density at radius 2 is 2.11 bits per heavy atom. The fourth-order valence-corrected chi connectivity index (χ4v) is 2.33. The summed E-state index contributed by atoms with van der Waals surface area (Å²) in [6.45, 7) is 8.25. The lowest BCUT2D eigenvalue weighted by Crippen LogP contribution is -2.46. The number of aromatic nitrogens is 3. The van der Waals surface area contributed by atoms with Gasteiger partial charge >= 0.3 is 0 Å². The van der Waals surface area contributed by atoms with Gasteiger partial charge in [0.2, 0.25) is 5.91 Å². The summed E-state index contributed by atoms with van der Waals surface area (Å²) in [6.07, 6.45) is 1.59. The van der Waals surface area contributed by atoms with Gasteiger partial charge in [-0.05, 0) is 12.3 Å². The van der Waals surface area contributed by atoms with E-state index in [-0.39, 0.29) is 5.91 Å². The number of nitrogens with two attached hydrogens (primary N) is 1. The average molecular weight is 265 g/mol. The van der Waals surface area contributed by atoms with E-state index < -0.39 is 6.04 Å². The predicted molar refractivity (Wildman–Crippen MR) is 72.2 cm³/mol. The molecule has 0 aromatic carbocycles. The van der Waals surface area contributed by atoms with E-state index in [1.165, 1.54) is 0 Å². The smallest absolute Gasteiger partial charge is 0.239 e. The molecule has 1 aromatic rings. The van der Waals surface area contributed by atoms with Crippen LogP contribution in [0.5, 0.6) is 0 Å². The van der Waals surface area contributed by atoms with Crippen molar-refractivity contribution >= 4 is 5.91 Å². The first-order valence-corrected chi connectivity index (χ1v) is 6.98. The maximum atomic E-state index is 12.1. The fraction of sp³-hybridized carbons (Fsp3) is 0.769. The summed E-state index contributed by atoms with van der Waals surface area (Å²) in [5.41, 5.74) is 5.80. The van der Waals surface area contributed by atoms with Gasteiger partial charge in [-0.1, -0.05) is 20.8 Å². The first-order chi connectivity index (χ1) is 9.02. The molecule has 106 valence electrons. The SMILES string of the molecule is CC[C@H](N)C(=O)N1CCn2c(CC(C)C)nnc2C1. The van der Waals surface area contributed by atoms with E-state index in [0.717, 1.165) is 24.6 Å². The van der Waals surface area contributed by atoms with Gasteiger partial charge in [0.25, 0.3) is 0 Å². The van der Waals surface area contributed by atoms with Crippen molar-refractivity contribution in [3.8, 4) is 0 Å². The van der Waals surface area contributed by atoms with Crippen LogP contribution in [0.15, 0.2) is 0 Å². The second kappa shape index (κ2) is 5.69.